The molecule has 5 rings (SSSR count). The number of ether oxygens (including phenoxy) is 1. The van der Waals surface area contributed by atoms with Gasteiger partial charge in [-0.3, -0.25) is 4.99 Å². The van der Waals surface area contributed by atoms with Crippen LogP contribution in [0.3, 0.4) is 0 Å². The largest absolute Gasteiger partial charge is 0.489 e. The Balaban J connectivity index is 1.62. The molecule has 6 heteroatoms. The van der Waals surface area contributed by atoms with Crippen LogP contribution in [0.15, 0.2) is 41.9 Å². The zero-order valence-corrected chi connectivity index (χ0v) is 17.6. The van der Waals surface area contributed by atoms with Crippen LogP contribution in [0.4, 0.5) is 15.8 Å². The summed E-state index contributed by atoms with van der Waals surface area (Å²) in [5.41, 5.74) is 4.41. The van der Waals surface area contributed by atoms with Gasteiger partial charge in [0.25, 0.3) is 0 Å². The fourth-order valence-corrected chi connectivity index (χ4v) is 4.31. The number of hydrogen-bond donors (Lipinski definition) is 0. The zero-order valence-electron chi connectivity index (χ0n) is 16.9. The Morgan fingerprint density at radius 1 is 1.30 bits per heavy atom. The average Bonchev–Trinajstić information content (AvgIpc) is 3.49. The molecule has 4 nitrogen and oxygen atoms in total. The molecule has 30 heavy (non-hydrogen) atoms. The van der Waals surface area contributed by atoms with Crippen LogP contribution in [0.2, 0.25) is 5.02 Å². The van der Waals surface area contributed by atoms with Gasteiger partial charge in [0, 0.05) is 19.0 Å². The highest BCUT2D eigenvalue weighted by atomic mass is 35.5. The summed E-state index contributed by atoms with van der Waals surface area (Å²) >= 11 is 6.34. The van der Waals surface area contributed by atoms with Gasteiger partial charge in [-0.2, -0.15) is 0 Å². The lowest BCUT2D eigenvalue weighted by molar-refractivity contribution is 0.311. The van der Waals surface area contributed by atoms with E-state index in [4.69, 9.17) is 21.3 Å². The third-order valence-electron chi connectivity index (χ3n) is 5.84. The van der Waals surface area contributed by atoms with E-state index in [0.717, 1.165) is 52.4 Å². The first-order chi connectivity index (χ1) is 14.5. The van der Waals surface area contributed by atoms with Crippen molar-refractivity contribution in [1.82, 2.24) is 4.57 Å². The topological polar surface area (TPSA) is 29.8 Å². The van der Waals surface area contributed by atoms with E-state index in [2.05, 4.69) is 16.0 Å². The molecule has 1 aliphatic heterocycles. The molecule has 1 aliphatic carbocycles. The summed E-state index contributed by atoms with van der Waals surface area (Å²) in [7, 11) is 2.04. The van der Waals surface area contributed by atoms with Gasteiger partial charge in [-0.25, -0.2) is 4.39 Å². The zero-order chi connectivity index (χ0) is 20.8. The highest BCUT2D eigenvalue weighted by Crippen LogP contribution is 2.41. The molecule has 1 aromatic heterocycles. The number of likely N-dealkylation sites (N-methyl/N-ethyl adjacent to an activating group) is 1. The molecule has 2 aliphatic rings. The Kier molecular flexibility index (Phi) is 4.78. The maximum absolute atomic E-state index is 14.1. The van der Waals surface area contributed by atoms with Crippen molar-refractivity contribution < 1.29 is 9.13 Å². The molecule has 0 N–H and O–H groups in total. The minimum Gasteiger partial charge on any atom is -0.489 e. The van der Waals surface area contributed by atoms with E-state index in [0.29, 0.717) is 12.5 Å². The molecule has 154 valence electrons. The monoisotopic (exact) mass is 423 g/mol. The van der Waals surface area contributed by atoms with Crippen molar-refractivity contribution in [2.75, 3.05) is 25.1 Å². The predicted octanol–water partition coefficient (Wildman–Crippen LogP) is 6.07. The van der Waals surface area contributed by atoms with Crippen LogP contribution in [-0.2, 0) is 6.54 Å². The van der Waals surface area contributed by atoms with E-state index in [1.807, 2.05) is 31.5 Å². The number of aromatic nitrogens is 1. The van der Waals surface area contributed by atoms with E-state index in [1.54, 1.807) is 12.1 Å². The third-order valence-corrected chi connectivity index (χ3v) is 6.20. The summed E-state index contributed by atoms with van der Waals surface area (Å²) < 4.78 is 22.1. The number of hydrogen-bond acceptors (Lipinski definition) is 3. The van der Waals surface area contributed by atoms with E-state index in [9.17, 15) is 4.39 Å². The van der Waals surface area contributed by atoms with Gasteiger partial charge >= 0.3 is 0 Å². The maximum Gasteiger partial charge on any atom is 0.145 e. The minimum absolute atomic E-state index is 0.173. The number of nitrogens with zero attached hydrogens (tertiary/aromatic N) is 3. The van der Waals surface area contributed by atoms with Crippen molar-refractivity contribution in [2.45, 2.75) is 19.4 Å². The van der Waals surface area contributed by atoms with Crippen LogP contribution < -0.4 is 9.64 Å². The van der Waals surface area contributed by atoms with Crippen LogP contribution >= 0.6 is 11.6 Å². The molecule has 1 saturated carbocycles. The highest BCUT2D eigenvalue weighted by Gasteiger charge is 2.25. The van der Waals surface area contributed by atoms with Crippen molar-refractivity contribution in [2.24, 2.45) is 10.9 Å². The standard InChI is InChI=1S/C24H23ClFN3O/c1-3-15-10-20(24-21(11-15)30-9-8-28(24)2)27-13-18-12-17-6-7-19(26)22(25)23(17)29(18)14-16-4-5-16/h3,6-7,10-13,16H,1,4-5,8-9,14H2,2H3/b27-13+. The second-order valence-electron chi connectivity index (χ2n) is 8.04. The Labute approximate surface area is 180 Å². The lowest BCUT2D eigenvalue weighted by Crippen LogP contribution is -2.28. The van der Waals surface area contributed by atoms with Crippen molar-refractivity contribution >= 4 is 46.2 Å². The molecule has 0 bridgehead atoms. The van der Waals surface area contributed by atoms with Crippen molar-refractivity contribution in [1.29, 1.82) is 0 Å². The van der Waals surface area contributed by atoms with Crippen LogP contribution in [0, 0.1) is 11.7 Å². The smallest absolute Gasteiger partial charge is 0.145 e. The third kappa shape index (κ3) is 3.37. The molecular formula is C24H23ClFN3O. The van der Waals surface area contributed by atoms with Crippen LogP contribution in [-0.4, -0.2) is 31.0 Å². The summed E-state index contributed by atoms with van der Waals surface area (Å²) in [6.07, 6.45) is 6.03. The molecule has 1 fully saturated rings. The maximum atomic E-state index is 14.1. The van der Waals surface area contributed by atoms with Gasteiger partial charge in [0.05, 0.1) is 29.7 Å². The Morgan fingerprint density at radius 3 is 2.90 bits per heavy atom. The first-order valence-electron chi connectivity index (χ1n) is 10.2. The van der Waals surface area contributed by atoms with Gasteiger partial charge in [-0.15, -0.1) is 0 Å². The molecule has 0 spiro atoms. The summed E-state index contributed by atoms with van der Waals surface area (Å²) in [4.78, 5) is 6.99. The second-order valence-corrected chi connectivity index (χ2v) is 8.42. The molecule has 0 amide bonds. The summed E-state index contributed by atoms with van der Waals surface area (Å²) in [6.45, 7) is 6.16. The normalized spacial score (nSPS) is 16.2. The number of fused-ring (bicyclic) bond motifs is 2. The van der Waals surface area contributed by atoms with Crippen molar-refractivity contribution in [3.8, 4) is 5.75 Å². The van der Waals surface area contributed by atoms with Gasteiger partial charge in [-0.1, -0.05) is 24.3 Å². The van der Waals surface area contributed by atoms with E-state index < -0.39 is 5.82 Å². The lowest BCUT2D eigenvalue weighted by atomic mass is 10.1. The minimum atomic E-state index is -0.394. The average molecular weight is 424 g/mol. The summed E-state index contributed by atoms with van der Waals surface area (Å²) in [5, 5.41) is 1.10. The Bertz CT molecular complexity index is 1180. The molecule has 3 aromatic rings. The molecular weight excluding hydrogens is 401 g/mol. The second kappa shape index (κ2) is 7.47. The van der Waals surface area contributed by atoms with Gasteiger partial charge in [0.1, 0.15) is 28.9 Å². The van der Waals surface area contributed by atoms with E-state index >= 15 is 0 Å². The number of halogens is 2. The molecule has 0 unspecified atom stereocenters. The number of anilines is 1. The Morgan fingerprint density at radius 2 is 2.13 bits per heavy atom. The van der Waals surface area contributed by atoms with Gasteiger partial charge in [0.15, 0.2) is 0 Å². The van der Waals surface area contributed by atoms with Gasteiger partial charge in [-0.05, 0) is 54.7 Å². The number of benzene rings is 2. The SMILES string of the molecule is C=Cc1cc(/N=C/c2cc3ccc(F)c(Cl)c3n2CC2CC2)c2c(c1)OCCN2C. The molecule has 2 heterocycles. The highest BCUT2D eigenvalue weighted by molar-refractivity contribution is 6.35. The first-order valence-corrected chi connectivity index (χ1v) is 10.6. The molecule has 0 radical (unpaired) electrons. The quantitative estimate of drug-likeness (QED) is 0.466. The van der Waals surface area contributed by atoms with Gasteiger partial charge in [0.2, 0.25) is 0 Å². The fraction of sp³-hybridized carbons (Fsp3) is 0.292. The first kappa shape index (κ1) is 19.2. The molecule has 0 saturated heterocycles. The van der Waals surface area contributed by atoms with Crippen LogP contribution in [0.1, 0.15) is 24.1 Å². The van der Waals surface area contributed by atoms with Crippen molar-refractivity contribution in [3.05, 3.63) is 59.0 Å². The number of rotatable bonds is 5. The van der Waals surface area contributed by atoms with Gasteiger partial charge < -0.3 is 14.2 Å². The Hall–Kier alpha value is -2.79. The molecule has 0 atom stereocenters. The predicted molar refractivity (Wildman–Crippen MR) is 122 cm³/mol. The van der Waals surface area contributed by atoms with E-state index in [-0.39, 0.29) is 5.02 Å². The van der Waals surface area contributed by atoms with Crippen molar-refractivity contribution in [3.63, 3.8) is 0 Å². The molecule has 2 aromatic carbocycles. The fourth-order valence-electron chi connectivity index (χ4n) is 4.04. The van der Waals surface area contributed by atoms with E-state index in [1.165, 1.54) is 18.9 Å². The summed E-state index contributed by atoms with van der Waals surface area (Å²) in [6, 6.07) is 9.22. The lowest BCUT2D eigenvalue weighted by Gasteiger charge is -2.29. The van der Waals surface area contributed by atoms with Crippen LogP contribution in [0.25, 0.3) is 17.0 Å². The van der Waals surface area contributed by atoms with Crippen LogP contribution in [0.5, 0.6) is 5.75 Å². The number of aliphatic imine (C=N–C) groups is 1. The summed E-state index contributed by atoms with van der Waals surface area (Å²) in [5.74, 6) is 1.04.